The molecule has 0 radical (unpaired) electrons. The lowest BCUT2D eigenvalue weighted by Crippen LogP contribution is -2.38. The smallest absolute Gasteiger partial charge is 0.253 e. The monoisotopic (exact) mass is 334 g/mol. The number of rotatable bonds is 4. The van der Waals surface area contributed by atoms with Crippen LogP contribution in [0.25, 0.3) is 0 Å². The molecule has 0 atom stereocenters. The summed E-state index contributed by atoms with van der Waals surface area (Å²) in [6.07, 6.45) is 5.67. The number of carbonyl (C=O) groups is 1. The minimum Gasteiger partial charge on any atom is -0.384 e. The van der Waals surface area contributed by atoms with Gasteiger partial charge in [-0.25, -0.2) is 0 Å². The summed E-state index contributed by atoms with van der Waals surface area (Å²) in [5.41, 5.74) is 4.75. The molecule has 2 heterocycles. The fourth-order valence-electron chi connectivity index (χ4n) is 4.06. The lowest BCUT2D eigenvalue weighted by molar-refractivity contribution is 0.0687. The van der Waals surface area contributed by atoms with Crippen LogP contribution in [0.3, 0.4) is 0 Å². The normalized spacial score (nSPS) is 17.2. The molecule has 3 nitrogen and oxygen atoms in total. The molecule has 130 valence electrons. The average molecular weight is 334 g/mol. The Hall–Kier alpha value is -2.29. The van der Waals surface area contributed by atoms with E-state index in [-0.39, 0.29) is 5.91 Å². The number of hydrogen-bond acceptors (Lipinski definition) is 2. The number of aryl methyl sites for hydroxylation is 1. The van der Waals surface area contributed by atoms with Crippen molar-refractivity contribution in [2.75, 3.05) is 25.0 Å². The van der Waals surface area contributed by atoms with Crippen LogP contribution in [0.15, 0.2) is 48.5 Å². The highest BCUT2D eigenvalue weighted by Gasteiger charge is 2.24. The van der Waals surface area contributed by atoms with E-state index in [2.05, 4.69) is 47.8 Å². The molecule has 25 heavy (non-hydrogen) atoms. The number of piperidine rings is 1. The molecule has 0 unspecified atom stereocenters. The first-order valence-corrected chi connectivity index (χ1v) is 9.49. The van der Waals surface area contributed by atoms with Crippen LogP contribution >= 0.6 is 0 Å². The molecule has 0 spiro atoms. The van der Waals surface area contributed by atoms with Gasteiger partial charge in [-0.1, -0.05) is 30.3 Å². The number of likely N-dealkylation sites (tertiary alicyclic amines) is 1. The van der Waals surface area contributed by atoms with Crippen LogP contribution in [0, 0.1) is 5.92 Å². The number of carbonyl (C=O) groups excluding carboxylic acids is 1. The SMILES string of the molecule is O=C(c1ccc2c(c1)CCN2)N1CCC(CCc2ccccc2)CC1. The third-order valence-electron chi connectivity index (χ3n) is 5.65. The third-order valence-corrected chi connectivity index (χ3v) is 5.65. The zero-order valence-corrected chi connectivity index (χ0v) is 14.7. The molecule has 2 aliphatic heterocycles. The van der Waals surface area contributed by atoms with E-state index in [0.29, 0.717) is 0 Å². The van der Waals surface area contributed by atoms with Crippen molar-refractivity contribution in [3.63, 3.8) is 0 Å². The largest absolute Gasteiger partial charge is 0.384 e. The third kappa shape index (κ3) is 3.71. The Morgan fingerprint density at radius 2 is 1.88 bits per heavy atom. The molecule has 0 aliphatic carbocycles. The van der Waals surface area contributed by atoms with Crippen molar-refractivity contribution in [1.82, 2.24) is 4.90 Å². The number of anilines is 1. The second-order valence-electron chi connectivity index (χ2n) is 7.31. The number of amides is 1. The Morgan fingerprint density at radius 1 is 1.08 bits per heavy atom. The van der Waals surface area contributed by atoms with E-state index >= 15 is 0 Å². The van der Waals surface area contributed by atoms with Crippen LogP contribution in [0.1, 0.15) is 40.7 Å². The van der Waals surface area contributed by atoms with Crippen LogP contribution in [-0.2, 0) is 12.8 Å². The Kier molecular flexibility index (Phi) is 4.73. The first kappa shape index (κ1) is 16.2. The van der Waals surface area contributed by atoms with Crippen molar-refractivity contribution in [2.24, 2.45) is 5.92 Å². The number of fused-ring (bicyclic) bond motifs is 1. The van der Waals surface area contributed by atoms with E-state index in [1.54, 1.807) is 0 Å². The molecule has 1 saturated heterocycles. The molecule has 4 rings (SSSR count). The van der Waals surface area contributed by atoms with Crippen LogP contribution in [0.2, 0.25) is 0 Å². The predicted molar refractivity (Wildman–Crippen MR) is 102 cm³/mol. The molecule has 1 fully saturated rings. The standard InChI is InChI=1S/C22H26N2O/c25-22(20-8-9-21-19(16-20)10-13-23-21)24-14-11-18(12-15-24)7-6-17-4-2-1-3-5-17/h1-5,8-9,16,18,23H,6-7,10-15H2. The molecule has 1 amide bonds. The topological polar surface area (TPSA) is 32.3 Å². The quantitative estimate of drug-likeness (QED) is 0.911. The van der Waals surface area contributed by atoms with Gasteiger partial charge in [-0.3, -0.25) is 4.79 Å². The summed E-state index contributed by atoms with van der Waals surface area (Å²) in [6.45, 7) is 2.78. The van der Waals surface area contributed by atoms with Gasteiger partial charge in [-0.2, -0.15) is 0 Å². The molecule has 1 N–H and O–H groups in total. The van der Waals surface area contributed by atoms with Gasteiger partial charge in [-0.05, 0) is 67.3 Å². The highest BCUT2D eigenvalue weighted by Crippen LogP contribution is 2.26. The molecule has 3 heteroatoms. The fourth-order valence-corrected chi connectivity index (χ4v) is 4.06. The minimum atomic E-state index is 0.205. The molecule has 0 bridgehead atoms. The zero-order valence-electron chi connectivity index (χ0n) is 14.7. The lowest BCUT2D eigenvalue weighted by atomic mass is 9.90. The van der Waals surface area contributed by atoms with Gasteiger partial charge in [0.15, 0.2) is 0 Å². The predicted octanol–water partition coefficient (Wildman–Crippen LogP) is 4.14. The molecular weight excluding hydrogens is 308 g/mol. The maximum absolute atomic E-state index is 12.8. The Balaban J connectivity index is 1.30. The van der Waals surface area contributed by atoms with Gasteiger partial charge >= 0.3 is 0 Å². The van der Waals surface area contributed by atoms with Crippen molar-refractivity contribution >= 4 is 11.6 Å². The Labute approximate surface area is 150 Å². The fraction of sp³-hybridized carbons (Fsp3) is 0.409. The van der Waals surface area contributed by atoms with Gasteiger partial charge in [0.1, 0.15) is 0 Å². The first-order valence-electron chi connectivity index (χ1n) is 9.49. The summed E-state index contributed by atoms with van der Waals surface area (Å²) in [5, 5.41) is 3.35. The Bertz CT molecular complexity index is 733. The minimum absolute atomic E-state index is 0.205. The summed E-state index contributed by atoms with van der Waals surface area (Å²) < 4.78 is 0. The summed E-state index contributed by atoms with van der Waals surface area (Å²) in [7, 11) is 0. The van der Waals surface area contributed by atoms with Gasteiger partial charge < -0.3 is 10.2 Å². The van der Waals surface area contributed by atoms with Gasteiger partial charge in [0, 0.05) is 30.9 Å². The summed E-state index contributed by atoms with van der Waals surface area (Å²) in [4.78, 5) is 14.8. The van der Waals surface area contributed by atoms with Crippen molar-refractivity contribution in [2.45, 2.75) is 32.1 Å². The van der Waals surface area contributed by atoms with Crippen LogP contribution in [0.4, 0.5) is 5.69 Å². The summed E-state index contributed by atoms with van der Waals surface area (Å²) >= 11 is 0. The zero-order chi connectivity index (χ0) is 17.1. The average Bonchev–Trinajstić information content (AvgIpc) is 3.15. The van der Waals surface area contributed by atoms with Gasteiger partial charge in [-0.15, -0.1) is 0 Å². The Morgan fingerprint density at radius 3 is 2.68 bits per heavy atom. The van der Waals surface area contributed by atoms with Crippen molar-refractivity contribution in [3.8, 4) is 0 Å². The maximum atomic E-state index is 12.8. The van der Waals surface area contributed by atoms with Gasteiger partial charge in [0.05, 0.1) is 0 Å². The highest BCUT2D eigenvalue weighted by molar-refractivity contribution is 5.95. The van der Waals surface area contributed by atoms with Crippen molar-refractivity contribution < 1.29 is 4.79 Å². The first-order chi connectivity index (χ1) is 12.3. The summed E-state index contributed by atoms with van der Waals surface area (Å²) in [5.74, 6) is 0.949. The van der Waals surface area contributed by atoms with Crippen LogP contribution in [-0.4, -0.2) is 30.4 Å². The van der Waals surface area contributed by atoms with E-state index < -0.39 is 0 Å². The van der Waals surface area contributed by atoms with E-state index in [4.69, 9.17) is 0 Å². The van der Waals surface area contributed by atoms with Gasteiger partial charge in [0.2, 0.25) is 0 Å². The lowest BCUT2D eigenvalue weighted by Gasteiger charge is -2.32. The number of nitrogens with zero attached hydrogens (tertiary/aromatic N) is 1. The van der Waals surface area contributed by atoms with Crippen LogP contribution < -0.4 is 5.32 Å². The van der Waals surface area contributed by atoms with Crippen molar-refractivity contribution in [1.29, 1.82) is 0 Å². The van der Waals surface area contributed by atoms with E-state index in [1.807, 2.05) is 11.0 Å². The highest BCUT2D eigenvalue weighted by atomic mass is 16.2. The van der Waals surface area contributed by atoms with E-state index in [0.717, 1.165) is 56.8 Å². The number of nitrogens with one attached hydrogen (secondary N) is 1. The second kappa shape index (κ2) is 7.30. The molecule has 0 aromatic heterocycles. The molecule has 0 saturated carbocycles. The van der Waals surface area contributed by atoms with Gasteiger partial charge in [0.25, 0.3) is 5.91 Å². The van der Waals surface area contributed by atoms with E-state index in [9.17, 15) is 4.79 Å². The molecule has 2 aromatic carbocycles. The van der Waals surface area contributed by atoms with E-state index in [1.165, 1.54) is 23.2 Å². The maximum Gasteiger partial charge on any atom is 0.253 e. The van der Waals surface area contributed by atoms with Crippen molar-refractivity contribution in [3.05, 3.63) is 65.2 Å². The molecule has 2 aromatic rings. The number of benzene rings is 2. The second-order valence-corrected chi connectivity index (χ2v) is 7.31. The molecule has 2 aliphatic rings. The molecular formula is C22H26N2O. The summed E-state index contributed by atoms with van der Waals surface area (Å²) in [6, 6.07) is 16.8. The van der Waals surface area contributed by atoms with Crippen LogP contribution in [0.5, 0.6) is 0 Å². The number of hydrogen-bond donors (Lipinski definition) is 1.